The number of alkyl halides is 2. The highest BCUT2D eigenvalue weighted by atomic mass is 35.5. The molecule has 0 saturated heterocycles. The number of rotatable bonds is 6. The van der Waals surface area contributed by atoms with Crippen molar-refractivity contribution in [3.8, 4) is 5.75 Å². The summed E-state index contributed by atoms with van der Waals surface area (Å²) in [7, 11) is 0. The van der Waals surface area contributed by atoms with Crippen LogP contribution in [-0.4, -0.2) is 28.8 Å². The molecule has 31 heavy (non-hydrogen) atoms. The third kappa shape index (κ3) is 5.55. The van der Waals surface area contributed by atoms with Crippen molar-refractivity contribution in [3.63, 3.8) is 0 Å². The largest absolute Gasteiger partial charge is 0.435 e. The number of halogens is 4. The summed E-state index contributed by atoms with van der Waals surface area (Å²) >= 11 is 13.1. The van der Waals surface area contributed by atoms with Crippen LogP contribution in [0.5, 0.6) is 5.75 Å². The average Bonchev–Trinajstić information content (AvgIpc) is 2.99. The number of carbonyl (C=O) groups is 2. The number of nitrogens with two attached hydrogens (primary N) is 1. The van der Waals surface area contributed by atoms with Crippen LogP contribution in [0, 0.1) is 0 Å². The lowest BCUT2D eigenvalue weighted by atomic mass is 10.2. The second-order valence-electron chi connectivity index (χ2n) is 6.27. The molecule has 6 nitrogen and oxygen atoms in total. The first kappa shape index (κ1) is 23.1. The van der Waals surface area contributed by atoms with Crippen molar-refractivity contribution >= 4 is 63.7 Å². The molecular weight excluding hydrogens is 471 g/mol. The van der Waals surface area contributed by atoms with Crippen molar-refractivity contribution in [1.82, 2.24) is 0 Å². The summed E-state index contributed by atoms with van der Waals surface area (Å²) in [5.41, 5.74) is 6.28. The summed E-state index contributed by atoms with van der Waals surface area (Å²) < 4.78 is 29.1. The SMILES string of the molecule is C[C@H](SC1=N/C(=C\c2ccc(Cl)cc2Cl)C(=O)N1c1ccc(OC(F)F)cc1)C(N)=O. The Morgan fingerprint density at radius 1 is 1.23 bits per heavy atom. The Labute approximate surface area is 190 Å². The van der Waals surface area contributed by atoms with E-state index in [9.17, 15) is 18.4 Å². The maximum atomic E-state index is 13.1. The minimum absolute atomic E-state index is 0.0641. The quantitative estimate of drug-likeness (QED) is 0.586. The number of primary amides is 1. The Morgan fingerprint density at radius 3 is 2.48 bits per heavy atom. The number of nitrogens with zero attached hydrogens (tertiary/aromatic N) is 2. The normalized spacial score (nSPS) is 16.1. The second-order valence-corrected chi connectivity index (χ2v) is 8.42. The van der Waals surface area contributed by atoms with Crippen molar-refractivity contribution < 1.29 is 23.1 Å². The molecule has 162 valence electrons. The number of benzene rings is 2. The molecule has 1 aliphatic rings. The van der Waals surface area contributed by atoms with Crippen LogP contribution in [0.2, 0.25) is 10.0 Å². The van der Waals surface area contributed by atoms with Crippen molar-refractivity contribution in [2.45, 2.75) is 18.8 Å². The minimum Gasteiger partial charge on any atom is -0.435 e. The number of hydrogen-bond acceptors (Lipinski definition) is 5. The first-order valence-electron chi connectivity index (χ1n) is 8.76. The zero-order valence-corrected chi connectivity index (χ0v) is 18.2. The number of amidine groups is 1. The Morgan fingerprint density at radius 2 is 1.90 bits per heavy atom. The smallest absolute Gasteiger partial charge is 0.387 e. The number of carbonyl (C=O) groups excluding carboxylic acids is 2. The van der Waals surface area contributed by atoms with Crippen molar-refractivity contribution in [1.29, 1.82) is 0 Å². The molecule has 0 radical (unpaired) electrons. The Hall–Kier alpha value is -2.62. The van der Waals surface area contributed by atoms with Crippen LogP contribution >= 0.6 is 35.0 Å². The lowest BCUT2D eigenvalue weighted by Crippen LogP contribution is -2.33. The van der Waals surface area contributed by atoms with Gasteiger partial charge in [0.25, 0.3) is 5.91 Å². The zero-order chi connectivity index (χ0) is 22.7. The van der Waals surface area contributed by atoms with E-state index in [-0.39, 0.29) is 16.6 Å². The van der Waals surface area contributed by atoms with Gasteiger partial charge in [0.05, 0.1) is 10.9 Å². The van der Waals surface area contributed by atoms with Crippen LogP contribution in [0.25, 0.3) is 6.08 Å². The van der Waals surface area contributed by atoms with Crippen molar-refractivity contribution in [2.75, 3.05) is 4.90 Å². The van der Waals surface area contributed by atoms with Crippen LogP contribution < -0.4 is 15.4 Å². The van der Waals surface area contributed by atoms with Crippen molar-refractivity contribution in [3.05, 3.63) is 63.8 Å². The molecule has 3 rings (SSSR count). The molecule has 0 saturated carbocycles. The molecule has 2 amide bonds. The average molecular weight is 486 g/mol. The number of aliphatic imine (C=N–C) groups is 1. The molecular formula is C20H15Cl2F2N3O3S. The van der Waals surface area contributed by atoms with E-state index in [1.165, 1.54) is 41.3 Å². The molecule has 11 heteroatoms. The van der Waals surface area contributed by atoms with Gasteiger partial charge in [-0.3, -0.25) is 14.5 Å². The van der Waals surface area contributed by atoms with Gasteiger partial charge in [0, 0.05) is 10.0 Å². The molecule has 0 bridgehead atoms. The number of ether oxygens (including phenoxy) is 1. The molecule has 1 heterocycles. The summed E-state index contributed by atoms with van der Waals surface area (Å²) in [5, 5.41) is 0.298. The van der Waals surface area contributed by atoms with Crippen LogP contribution in [0.3, 0.4) is 0 Å². The van der Waals surface area contributed by atoms with E-state index >= 15 is 0 Å². The number of anilines is 1. The van der Waals surface area contributed by atoms with Gasteiger partial charge in [-0.2, -0.15) is 8.78 Å². The summed E-state index contributed by atoms with van der Waals surface area (Å²) in [6.07, 6.45) is 1.49. The van der Waals surface area contributed by atoms with Gasteiger partial charge in [0.15, 0.2) is 5.17 Å². The predicted molar refractivity (Wildman–Crippen MR) is 119 cm³/mol. The number of amides is 2. The summed E-state index contributed by atoms with van der Waals surface area (Å²) in [6, 6.07) is 10.2. The summed E-state index contributed by atoms with van der Waals surface area (Å²) in [4.78, 5) is 30.2. The molecule has 2 aromatic carbocycles. The van der Waals surface area contributed by atoms with Crippen LogP contribution in [0.1, 0.15) is 12.5 Å². The maximum absolute atomic E-state index is 13.1. The minimum atomic E-state index is -2.97. The van der Waals surface area contributed by atoms with E-state index in [1.807, 2.05) is 0 Å². The van der Waals surface area contributed by atoms with Gasteiger partial charge in [-0.1, -0.05) is 41.0 Å². The molecule has 0 aliphatic carbocycles. The molecule has 2 aromatic rings. The van der Waals surface area contributed by atoms with Gasteiger partial charge in [-0.25, -0.2) is 4.99 Å². The topological polar surface area (TPSA) is 85.0 Å². The molecule has 2 N–H and O–H groups in total. The molecule has 0 spiro atoms. The predicted octanol–water partition coefficient (Wildman–Crippen LogP) is 4.95. The lowest BCUT2D eigenvalue weighted by Gasteiger charge is -2.19. The fourth-order valence-corrected chi connectivity index (χ4v) is 3.90. The molecule has 0 unspecified atom stereocenters. The fourth-order valence-electron chi connectivity index (χ4n) is 2.56. The Bertz CT molecular complexity index is 1080. The monoisotopic (exact) mass is 485 g/mol. The molecule has 1 aliphatic heterocycles. The highest BCUT2D eigenvalue weighted by molar-refractivity contribution is 8.15. The van der Waals surface area contributed by atoms with Gasteiger partial charge in [-0.15, -0.1) is 0 Å². The fraction of sp³-hybridized carbons (Fsp3) is 0.150. The Balaban J connectivity index is 1.98. The first-order valence-corrected chi connectivity index (χ1v) is 10.4. The van der Waals surface area contributed by atoms with Crippen LogP contribution in [0.15, 0.2) is 53.2 Å². The standard InChI is InChI=1S/C20H15Cl2F2N3O3S/c1-10(17(25)28)31-20-26-16(8-11-2-3-12(21)9-15(11)22)18(29)27(20)13-4-6-14(7-5-13)30-19(23)24/h2-10,19H,1H3,(H2,25,28)/b16-8-/t10-/m0/s1. The molecule has 1 atom stereocenters. The van der Waals surface area contributed by atoms with E-state index in [0.717, 1.165) is 11.8 Å². The van der Waals surface area contributed by atoms with Crippen LogP contribution in [0.4, 0.5) is 14.5 Å². The maximum Gasteiger partial charge on any atom is 0.387 e. The number of thioether (sulfide) groups is 1. The second kappa shape index (κ2) is 9.67. The highest BCUT2D eigenvalue weighted by Crippen LogP contribution is 2.33. The van der Waals surface area contributed by atoms with E-state index < -0.39 is 23.7 Å². The summed E-state index contributed by atoms with van der Waals surface area (Å²) in [5.74, 6) is -1.14. The van der Waals surface area contributed by atoms with E-state index in [1.54, 1.807) is 19.1 Å². The van der Waals surface area contributed by atoms with Gasteiger partial charge >= 0.3 is 6.61 Å². The molecule has 0 aromatic heterocycles. The summed E-state index contributed by atoms with van der Waals surface area (Å²) in [6.45, 7) is -1.39. The van der Waals surface area contributed by atoms with Crippen LogP contribution in [-0.2, 0) is 9.59 Å². The third-order valence-corrected chi connectivity index (χ3v) is 5.72. The van der Waals surface area contributed by atoms with Gasteiger partial charge in [0.2, 0.25) is 5.91 Å². The third-order valence-electron chi connectivity index (χ3n) is 4.09. The van der Waals surface area contributed by atoms with Gasteiger partial charge < -0.3 is 10.5 Å². The number of hydrogen-bond donors (Lipinski definition) is 1. The zero-order valence-electron chi connectivity index (χ0n) is 15.9. The van der Waals surface area contributed by atoms with Gasteiger partial charge in [-0.05, 0) is 55.0 Å². The van der Waals surface area contributed by atoms with E-state index in [4.69, 9.17) is 28.9 Å². The first-order chi connectivity index (χ1) is 14.7. The Kier molecular flexibility index (Phi) is 7.19. The van der Waals surface area contributed by atoms with E-state index in [0.29, 0.717) is 21.3 Å². The molecule has 0 fully saturated rings. The van der Waals surface area contributed by atoms with Gasteiger partial charge in [0.1, 0.15) is 11.4 Å². The lowest BCUT2D eigenvalue weighted by molar-refractivity contribution is -0.117. The van der Waals surface area contributed by atoms with E-state index in [2.05, 4.69) is 9.73 Å². The highest BCUT2D eigenvalue weighted by Gasteiger charge is 2.34. The van der Waals surface area contributed by atoms with Crippen molar-refractivity contribution in [2.24, 2.45) is 10.7 Å².